The average Bonchev–Trinajstić information content (AvgIpc) is 3.10. The van der Waals surface area contributed by atoms with E-state index in [-0.39, 0.29) is 25.2 Å². The van der Waals surface area contributed by atoms with Crippen LogP contribution in [0.25, 0.3) is 11.1 Å². The standard InChI is InChI=1S/C24H22N2O3/c27-14-17-10-9-16-13-25-12-11-23(16)26(17)24(28)29-15-22-20-7-3-1-5-18(20)19-6-2-4-8-21(19)22/h1-8,11-13,17,22,27H,9-10,14-15H2. The molecule has 1 aromatic heterocycles. The Morgan fingerprint density at radius 2 is 1.76 bits per heavy atom. The minimum absolute atomic E-state index is 0.0145. The van der Waals surface area contributed by atoms with Gasteiger partial charge in [-0.25, -0.2) is 4.79 Å². The zero-order valence-corrected chi connectivity index (χ0v) is 16.0. The van der Waals surface area contributed by atoms with Gasteiger partial charge < -0.3 is 9.84 Å². The number of pyridine rings is 1. The minimum atomic E-state index is -0.418. The van der Waals surface area contributed by atoms with E-state index in [9.17, 15) is 9.90 Å². The van der Waals surface area contributed by atoms with E-state index in [0.29, 0.717) is 6.42 Å². The summed E-state index contributed by atoms with van der Waals surface area (Å²) in [6.45, 7) is 0.174. The van der Waals surface area contributed by atoms with Crippen LogP contribution in [0.4, 0.5) is 10.5 Å². The lowest BCUT2D eigenvalue weighted by atomic mass is 9.97. The molecule has 0 saturated heterocycles. The molecule has 1 atom stereocenters. The van der Waals surface area contributed by atoms with Crippen LogP contribution in [0.2, 0.25) is 0 Å². The lowest BCUT2D eigenvalue weighted by Crippen LogP contribution is -2.46. The SMILES string of the molecule is O=C(OCC1c2ccccc2-c2ccccc21)N1c2ccncc2CCC1CO. The summed E-state index contributed by atoms with van der Waals surface area (Å²) in [5, 5.41) is 9.81. The van der Waals surface area contributed by atoms with Gasteiger partial charge >= 0.3 is 6.09 Å². The number of hydrogen-bond acceptors (Lipinski definition) is 4. The number of carbonyl (C=O) groups is 1. The van der Waals surface area contributed by atoms with E-state index < -0.39 is 6.09 Å². The highest BCUT2D eigenvalue weighted by atomic mass is 16.6. The molecule has 2 aliphatic rings. The van der Waals surface area contributed by atoms with Gasteiger partial charge in [-0.05, 0) is 46.7 Å². The molecule has 2 heterocycles. The maximum absolute atomic E-state index is 13.1. The van der Waals surface area contributed by atoms with E-state index in [4.69, 9.17) is 4.74 Å². The summed E-state index contributed by atoms with van der Waals surface area (Å²) < 4.78 is 5.82. The van der Waals surface area contributed by atoms with Gasteiger partial charge in [0.1, 0.15) is 6.61 Å². The fourth-order valence-electron chi connectivity index (χ4n) is 4.58. The second-order valence-corrected chi connectivity index (χ2v) is 7.55. The Labute approximate surface area is 169 Å². The first-order valence-electron chi connectivity index (χ1n) is 9.96. The van der Waals surface area contributed by atoms with Gasteiger partial charge in [-0.15, -0.1) is 0 Å². The Morgan fingerprint density at radius 1 is 1.07 bits per heavy atom. The van der Waals surface area contributed by atoms with Crippen LogP contribution in [-0.2, 0) is 11.2 Å². The largest absolute Gasteiger partial charge is 0.448 e. The molecule has 3 aromatic rings. The molecule has 5 nitrogen and oxygen atoms in total. The van der Waals surface area contributed by atoms with Crippen LogP contribution >= 0.6 is 0 Å². The number of nitrogens with zero attached hydrogens (tertiary/aromatic N) is 2. The number of aliphatic hydroxyl groups is 1. The van der Waals surface area contributed by atoms with Gasteiger partial charge in [0.25, 0.3) is 0 Å². The van der Waals surface area contributed by atoms with E-state index in [2.05, 4.69) is 29.2 Å². The lowest BCUT2D eigenvalue weighted by molar-refractivity contribution is 0.141. The van der Waals surface area contributed by atoms with Crippen molar-refractivity contribution in [2.24, 2.45) is 0 Å². The smallest absolute Gasteiger partial charge is 0.414 e. The summed E-state index contributed by atoms with van der Waals surface area (Å²) in [6.07, 6.45) is 4.52. The Kier molecular flexibility index (Phi) is 4.52. The van der Waals surface area contributed by atoms with Crippen LogP contribution in [0.3, 0.4) is 0 Å². The summed E-state index contributed by atoms with van der Waals surface area (Å²) in [6, 6.07) is 18.1. The molecule has 1 unspecified atom stereocenters. The number of benzene rings is 2. The summed E-state index contributed by atoms with van der Waals surface area (Å²) in [5.74, 6) is 0.0145. The fourth-order valence-corrected chi connectivity index (χ4v) is 4.58. The van der Waals surface area contributed by atoms with Crippen molar-refractivity contribution in [3.8, 4) is 11.1 Å². The van der Waals surface area contributed by atoms with E-state index in [1.165, 1.54) is 22.3 Å². The van der Waals surface area contributed by atoms with Gasteiger partial charge in [-0.1, -0.05) is 48.5 Å². The number of aliphatic hydroxyl groups excluding tert-OH is 1. The van der Waals surface area contributed by atoms with Crippen LogP contribution in [0, 0.1) is 0 Å². The number of hydrogen-bond donors (Lipinski definition) is 1. The molecule has 146 valence electrons. The van der Waals surface area contributed by atoms with Crippen LogP contribution in [-0.4, -0.2) is 35.4 Å². The summed E-state index contributed by atoms with van der Waals surface area (Å²) in [4.78, 5) is 18.8. The summed E-state index contributed by atoms with van der Waals surface area (Å²) in [5.41, 5.74) is 6.55. The Balaban J connectivity index is 1.41. The van der Waals surface area contributed by atoms with Gasteiger partial charge in [-0.2, -0.15) is 0 Å². The highest BCUT2D eigenvalue weighted by Gasteiger charge is 2.34. The van der Waals surface area contributed by atoms with Crippen molar-refractivity contribution in [2.75, 3.05) is 18.1 Å². The topological polar surface area (TPSA) is 62.7 Å². The highest BCUT2D eigenvalue weighted by molar-refractivity contribution is 5.90. The average molecular weight is 386 g/mol. The molecular weight excluding hydrogens is 364 g/mol. The number of aryl methyl sites for hydroxylation is 1. The highest BCUT2D eigenvalue weighted by Crippen LogP contribution is 2.44. The van der Waals surface area contributed by atoms with Gasteiger partial charge in [0.05, 0.1) is 18.3 Å². The quantitative estimate of drug-likeness (QED) is 0.735. The molecule has 0 saturated carbocycles. The maximum Gasteiger partial charge on any atom is 0.414 e. The van der Waals surface area contributed by atoms with Gasteiger partial charge in [0, 0.05) is 18.3 Å². The third-order valence-corrected chi connectivity index (χ3v) is 5.99. The van der Waals surface area contributed by atoms with Crippen LogP contribution in [0.15, 0.2) is 67.0 Å². The van der Waals surface area contributed by atoms with Crippen molar-refractivity contribution < 1.29 is 14.6 Å². The second kappa shape index (κ2) is 7.33. The molecule has 0 radical (unpaired) electrons. The zero-order valence-electron chi connectivity index (χ0n) is 16.0. The van der Waals surface area contributed by atoms with E-state index >= 15 is 0 Å². The van der Waals surface area contributed by atoms with Gasteiger partial charge in [0.2, 0.25) is 0 Å². The van der Waals surface area contributed by atoms with Gasteiger partial charge in [-0.3, -0.25) is 9.88 Å². The van der Waals surface area contributed by atoms with E-state index in [0.717, 1.165) is 17.7 Å². The van der Waals surface area contributed by atoms with Crippen LogP contribution < -0.4 is 4.90 Å². The molecule has 5 rings (SSSR count). The molecule has 0 bridgehead atoms. The molecule has 0 spiro atoms. The first kappa shape index (κ1) is 17.9. The number of anilines is 1. The first-order valence-corrected chi connectivity index (χ1v) is 9.96. The fraction of sp³-hybridized carbons (Fsp3) is 0.250. The second-order valence-electron chi connectivity index (χ2n) is 7.55. The van der Waals surface area contributed by atoms with Crippen LogP contribution in [0.5, 0.6) is 0 Å². The molecular formula is C24H22N2O3. The predicted molar refractivity (Wildman–Crippen MR) is 111 cm³/mol. The number of ether oxygens (including phenoxy) is 1. The Bertz CT molecular complexity index is 1020. The van der Waals surface area contributed by atoms with Crippen molar-refractivity contribution in [2.45, 2.75) is 24.8 Å². The van der Waals surface area contributed by atoms with Crippen LogP contribution in [0.1, 0.15) is 29.0 Å². The summed E-state index contributed by atoms with van der Waals surface area (Å²) in [7, 11) is 0. The van der Waals surface area contributed by atoms with E-state index in [1.807, 2.05) is 30.3 Å². The predicted octanol–water partition coefficient (Wildman–Crippen LogP) is 4.14. The molecule has 0 fully saturated rings. The molecule has 1 amide bonds. The Morgan fingerprint density at radius 3 is 2.45 bits per heavy atom. The molecule has 1 aliphatic carbocycles. The molecule has 1 N–H and O–H groups in total. The third kappa shape index (κ3) is 2.98. The molecule has 29 heavy (non-hydrogen) atoms. The lowest BCUT2D eigenvalue weighted by Gasteiger charge is -2.35. The molecule has 5 heteroatoms. The van der Waals surface area contributed by atoms with Gasteiger partial charge in [0.15, 0.2) is 0 Å². The van der Waals surface area contributed by atoms with Crippen molar-refractivity contribution in [3.05, 3.63) is 83.7 Å². The van der Waals surface area contributed by atoms with Crippen molar-refractivity contribution >= 4 is 11.8 Å². The molecule has 1 aliphatic heterocycles. The zero-order chi connectivity index (χ0) is 19.8. The van der Waals surface area contributed by atoms with E-state index in [1.54, 1.807) is 17.3 Å². The number of rotatable bonds is 3. The first-order chi connectivity index (χ1) is 14.3. The number of fused-ring (bicyclic) bond motifs is 4. The number of amides is 1. The Hall–Kier alpha value is -3.18. The number of carbonyl (C=O) groups excluding carboxylic acids is 1. The molecule has 2 aromatic carbocycles. The normalized spacial score (nSPS) is 17.4. The third-order valence-electron chi connectivity index (χ3n) is 5.99. The minimum Gasteiger partial charge on any atom is -0.448 e. The van der Waals surface area contributed by atoms with Crippen molar-refractivity contribution in [1.29, 1.82) is 0 Å². The summed E-state index contributed by atoms with van der Waals surface area (Å²) >= 11 is 0. The maximum atomic E-state index is 13.1. The monoisotopic (exact) mass is 386 g/mol. The number of aromatic nitrogens is 1. The van der Waals surface area contributed by atoms with Crippen molar-refractivity contribution in [1.82, 2.24) is 4.98 Å². The van der Waals surface area contributed by atoms with Crippen molar-refractivity contribution in [3.63, 3.8) is 0 Å².